The van der Waals surface area contributed by atoms with Crippen molar-refractivity contribution in [2.24, 2.45) is 0 Å². The lowest BCUT2D eigenvalue weighted by atomic mass is 10.1. The van der Waals surface area contributed by atoms with E-state index in [1.807, 2.05) is 0 Å². The Morgan fingerprint density at radius 1 is 1.30 bits per heavy atom. The van der Waals surface area contributed by atoms with Gasteiger partial charge >= 0.3 is 0 Å². The highest BCUT2D eigenvalue weighted by molar-refractivity contribution is 7.88. The fourth-order valence-electron chi connectivity index (χ4n) is 1.53. The summed E-state index contributed by atoms with van der Waals surface area (Å²) in [4.78, 5) is 11.3. The molecule has 0 aliphatic carbocycles. The van der Waals surface area contributed by atoms with E-state index in [2.05, 4.69) is 25.6 Å². The van der Waals surface area contributed by atoms with Gasteiger partial charge < -0.3 is 10.6 Å². The molecule has 112 valence electrons. The summed E-state index contributed by atoms with van der Waals surface area (Å²) in [6.07, 6.45) is 1.10. The third kappa shape index (κ3) is 5.49. The van der Waals surface area contributed by atoms with Crippen molar-refractivity contribution in [2.75, 3.05) is 25.2 Å². The summed E-state index contributed by atoms with van der Waals surface area (Å²) in [7, 11) is -1.78. The van der Waals surface area contributed by atoms with Gasteiger partial charge in [-0.05, 0) is 26.0 Å². The Bertz CT molecular complexity index is 568. The minimum Gasteiger partial charge on any atom is -0.367 e. The van der Waals surface area contributed by atoms with Crippen LogP contribution in [0.25, 0.3) is 0 Å². The Morgan fingerprint density at radius 3 is 2.40 bits per heavy atom. The lowest BCUT2D eigenvalue weighted by molar-refractivity contribution is 0.0957. The first-order chi connectivity index (χ1) is 9.13. The van der Waals surface area contributed by atoms with Gasteiger partial charge in [0.15, 0.2) is 5.69 Å². The second kappa shape index (κ2) is 6.14. The van der Waals surface area contributed by atoms with Gasteiger partial charge in [-0.2, -0.15) is 0 Å². The molecule has 8 nitrogen and oxygen atoms in total. The average Bonchev–Trinajstić information content (AvgIpc) is 2.33. The van der Waals surface area contributed by atoms with E-state index in [0.717, 1.165) is 6.26 Å². The Labute approximate surface area is 118 Å². The zero-order valence-electron chi connectivity index (χ0n) is 11.9. The van der Waals surface area contributed by atoms with E-state index in [-0.39, 0.29) is 11.6 Å². The summed E-state index contributed by atoms with van der Waals surface area (Å²) in [5, 5.41) is 13.0. The monoisotopic (exact) mass is 301 g/mol. The molecule has 0 radical (unpaired) electrons. The first-order valence-electron chi connectivity index (χ1n) is 5.91. The number of nitrogens with zero attached hydrogens (tertiary/aromatic N) is 2. The average molecular weight is 301 g/mol. The number of hydrogen-bond acceptors (Lipinski definition) is 6. The van der Waals surface area contributed by atoms with Crippen molar-refractivity contribution in [3.8, 4) is 0 Å². The van der Waals surface area contributed by atoms with Crippen LogP contribution in [0.4, 0.5) is 5.82 Å². The van der Waals surface area contributed by atoms with Crippen LogP contribution < -0.4 is 15.4 Å². The topological polar surface area (TPSA) is 113 Å². The van der Waals surface area contributed by atoms with Crippen LogP contribution in [0.3, 0.4) is 0 Å². The van der Waals surface area contributed by atoms with E-state index >= 15 is 0 Å². The quantitative estimate of drug-likeness (QED) is 0.657. The Kier molecular flexibility index (Phi) is 5.01. The molecule has 0 saturated carbocycles. The zero-order valence-corrected chi connectivity index (χ0v) is 12.7. The van der Waals surface area contributed by atoms with Gasteiger partial charge in [-0.25, -0.2) is 13.1 Å². The predicted molar refractivity (Wildman–Crippen MR) is 76.0 cm³/mol. The molecule has 0 aliphatic heterocycles. The zero-order chi connectivity index (χ0) is 15.4. The number of sulfonamides is 1. The molecule has 1 aromatic rings. The van der Waals surface area contributed by atoms with E-state index in [1.165, 1.54) is 13.1 Å². The molecule has 0 spiro atoms. The van der Waals surface area contributed by atoms with Crippen molar-refractivity contribution in [1.29, 1.82) is 0 Å². The summed E-state index contributed by atoms with van der Waals surface area (Å²) in [5.74, 6) is 0.143. The summed E-state index contributed by atoms with van der Waals surface area (Å²) in [5.41, 5.74) is -0.457. The molecule has 0 bridgehead atoms. The number of aromatic nitrogens is 2. The third-order valence-electron chi connectivity index (χ3n) is 2.30. The lowest BCUT2D eigenvalue weighted by Crippen LogP contribution is -2.47. The first kappa shape index (κ1) is 16.3. The van der Waals surface area contributed by atoms with Crippen molar-refractivity contribution in [3.05, 3.63) is 17.8 Å². The number of nitrogens with one attached hydrogen (secondary N) is 3. The minimum atomic E-state index is -3.29. The van der Waals surface area contributed by atoms with Crippen LogP contribution in [-0.4, -0.2) is 49.9 Å². The van der Waals surface area contributed by atoms with Crippen LogP contribution in [0.15, 0.2) is 12.1 Å². The summed E-state index contributed by atoms with van der Waals surface area (Å²) in [6.45, 7) is 3.81. The van der Waals surface area contributed by atoms with E-state index in [0.29, 0.717) is 12.4 Å². The van der Waals surface area contributed by atoms with Crippen LogP contribution >= 0.6 is 0 Å². The second-order valence-electron chi connectivity index (χ2n) is 4.99. The smallest absolute Gasteiger partial charge is 0.271 e. The van der Waals surface area contributed by atoms with Crippen LogP contribution in [0.2, 0.25) is 0 Å². The molecule has 0 unspecified atom stereocenters. The van der Waals surface area contributed by atoms with Gasteiger partial charge in [0, 0.05) is 19.1 Å². The summed E-state index contributed by atoms with van der Waals surface area (Å²) in [6, 6.07) is 3.14. The maximum absolute atomic E-state index is 11.3. The normalized spacial score (nSPS) is 12.0. The molecule has 0 fully saturated rings. The highest BCUT2D eigenvalue weighted by Crippen LogP contribution is 2.07. The predicted octanol–water partition coefficient (Wildman–Crippen LogP) is -0.424. The highest BCUT2D eigenvalue weighted by Gasteiger charge is 2.22. The molecule has 20 heavy (non-hydrogen) atoms. The molecule has 3 N–H and O–H groups in total. The summed E-state index contributed by atoms with van der Waals surface area (Å²) >= 11 is 0. The van der Waals surface area contributed by atoms with Crippen molar-refractivity contribution in [2.45, 2.75) is 19.4 Å². The van der Waals surface area contributed by atoms with Crippen LogP contribution in [0.5, 0.6) is 0 Å². The highest BCUT2D eigenvalue weighted by atomic mass is 32.2. The largest absolute Gasteiger partial charge is 0.367 e. The number of amides is 1. The van der Waals surface area contributed by atoms with Gasteiger partial charge in [-0.1, -0.05) is 0 Å². The van der Waals surface area contributed by atoms with Crippen molar-refractivity contribution >= 4 is 21.7 Å². The molecule has 1 amide bonds. The van der Waals surface area contributed by atoms with Gasteiger partial charge in [0.1, 0.15) is 5.82 Å². The van der Waals surface area contributed by atoms with Crippen LogP contribution in [-0.2, 0) is 10.0 Å². The fraction of sp³-hybridized carbons (Fsp3) is 0.545. The number of anilines is 1. The SMILES string of the molecule is CNC(=O)c1ccc(NCC(C)(C)NS(C)(=O)=O)nn1. The van der Waals surface area contributed by atoms with E-state index in [1.54, 1.807) is 19.9 Å². The molecule has 1 aromatic heterocycles. The van der Waals surface area contributed by atoms with E-state index in [4.69, 9.17) is 0 Å². The molecule has 9 heteroatoms. The second-order valence-corrected chi connectivity index (χ2v) is 6.74. The van der Waals surface area contributed by atoms with E-state index in [9.17, 15) is 13.2 Å². The van der Waals surface area contributed by atoms with E-state index < -0.39 is 15.6 Å². The van der Waals surface area contributed by atoms with Gasteiger partial charge in [-0.3, -0.25) is 4.79 Å². The van der Waals surface area contributed by atoms with Crippen LogP contribution in [0, 0.1) is 0 Å². The molecular formula is C11H19N5O3S. The lowest BCUT2D eigenvalue weighted by Gasteiger charge is -2.25. The van der Waals surface area contributed by atoms with Gasteiger partial charge in [0.05, 0.1) is 6.26 Å². The standard InChI is InChI=1S/C11H19N5O3S/c1-11(2,16-20(4,18)19)7-13-9-6-5-8(14-15-9)10(17)12-3/h5-6,16H,7H2,1-4H3,(H,12,17)(H,13,15). The molecule has 0 atom stereocenters. The molecule has 0 aliphatic rings. The Hall–Kier alpha value is -1.74. The molecule has 0 saturated heterocycles. The van der Waals surface area contributed by atoms with Crippen molar-refractivity contribution in [3.63, 3.8) is 0 Å². The molecule has 1 rings (SSSR count). The number of carbonyl (C=O) groups excluding carboxylic acids is 1. The third-order valence-corrected chi connectivity index (χ3v) is 3.22. The maximum atomic E-state index is 11.3. The van der Waals surface area contributed by atoms with Gasteiger partial charge in [-0.15, -0.1) is 10.2 Å². The first-order valence-corrected chi connectivity index (χ1v) is 7.81. The van der Waals surface area contributed by atoms with Crippen molar-refractivity contribution < 1.29 is 13.2 Å². The van der Waals surface area contributed by atoms with Gasteiger partial charge in [0.2, 0.25) is 10.0 Å². The molecule has 0 aromatic carbocycles. The Morgan fingerprint density at radius 2 is 1.95 bits per heavy atom. The maximum Gasteiger partial charge on any atom is 0.271 e. The minimum absolute atomic E-state index is 0.214. The fourth-order valence-corrected chi connectivity index (χ4v) is 2.60. The number of hydrogen-bond donors (Lipinski definition) is 3. The van der Waals surface area contributed by atoms with Crippen molar-refractivity contribution in [1.82, 2.24) is 20.2 Å². The Balaban J connectivity index is 2.64. The van der Waals surface area contributed by atoms with Gasteiger partial charge in [0.25, 0.3) is 5.91 Å². The number of rotatable bonds is 6. The summed E-state index contributed by atoms with van der Waals surface area (Å²) < 4.78 is 24.9. The number of carbonyl (C=O) groups is 1. The van der Waals surface area contributed by atoms with Crippen LogP contribution in [0.1, 0.15) is 24.3 Å². The molecule has 1 heterocycles. The molecular weight excluding hydrogens is 282 g/mol.